The van der Waals surface area contributed by atoms with Crippen molar-refractivity contribution in [1.82, 2.24) is 9.80 Å². The predicted octanol–water partition coefficient (Wildman–Crippen LogP) is 4.24. The molecule has 1 aromatic heterocycles. The van der Waals surface area contributed by atoms with Crippen molar-refractivity contribution in [3.63, 3.8) is 0 Å². The summed E-state index contributed by atoms with van der Waals surface area (Å²) in [7, 11) is 0. The number of fused-ring (bicyclic) bond motifs is 1. The predicted molar refractivity (Wildman–Crippen MR) is 146 cm³/mol. The van der Waals surface area contributed by atoms with Crippen molar-refractivity contribution in [3.05, 3.63) is 93.4 Å². The third kappa shape index (κ3) is 6.12. The number of thiophene rings is 1. The third-order valence-electron chi connectivity index (χ3n) is 7.38. The van der Waals surface area contributed by atoms with Gasteiger partial charge in [-0.1, -0.05) is 30.3 Å². The lowest BCUT2D eigenvalue weighted by Gasteiger charge is -2.36. The maximum atomic E-state index is 13.6. The molecule has 6 rings (SSSR count). The van der Waals surface area contributed by atoms with Crippen LogP contribution in [-0.4, -0.2) is 60.1 Å². The second-order valence-electron chi connectivity index (χ2n) is 10.0. The first-order chi connectivity index (χ1) is 19.1. The van der Waals surface area contributed by atoms with Crippen LogP contribution in [0.25, 0.3) is 0 Å². The standard InChI is InChI=1S/C30H32N2O6S/c33-17-21-1-3-22(4-2-21)18-35-29-15-25(24-7-12-39-19-24)14-28(38-29)30(34)32-10-8-31(9-11-32)16-23-5-6-26-27(13-23)37-20-36-26/h1-7,12-14,19,25,29,33H,8-11,15-18,20H2/t25-,29+/m0/s1. The number of benzene rings is 2. The molecule has 3 aliphatic heterocycles. The highest BCUT2D eigenvalue weighted by Crippen LogP contribution is 2.34. The molecule has 9 heteroatoms. The van der Waals surface area contributed by atoms with Crippen LogP contribution < -0.4 is 9.47 Å². The molecule has 3 aromatic rings. The number of rotatable bonds is 8. The van der Waals surface area contributed by atoms with E-state index < -0.39 is 6.29 Å². The van der Waals surface area contributed by atoms with Gasteiger partial charge >= 0.3 is 0 Å². The first-order valence-electron chi connectivity index (χ1n) is 13.3. The summed E-state index contributed by atoms with van der Waals surface area (Å²) in [5, 5.41) is 13.5. The van der Waals surface area contributed by atoms with Crippen molar-refractivity contribution in [2.24, 2.45) is 0 Å². The van der Waals surface area contributed by atoms with E-state index >= 15 is 0 Å². The number of amides is 1. The van der Waals surface area contributed by atoms with E-state index in [1.165, 1.54) is 11.1 Å². The molecule has 1 fully saturated rings. The van der Waals surface area contributed by atoms with Gasteiger partial charge in [-0.15, -0.1) is 0 Å². The van der Waals surface area contributed by atoms with Gasteiger partial charge < -0.3 is 29.0 Å². The van der Waals surface area contributed by atoms with E-state index in [0.29, 0.717) is 31.9 Å². The monoisotopic (exact) mass is 548 g/mol. The highest BCUT2D eigenvalue weighted by atomic mass is 32.1. The molecule has 0 spiro atoms. The van der Waals surface area contributed by atoms with Crippen LogP contribution in [0.3, 0.4) is 0 Å². The minimum absolute atomic E-state index is 0.0120. The molecular formula is C30H32N2O6S. The Bertz CT molecular complexity index is 1300. The number of piperazine rings is 1. The zero-order valence-electron chi connectivity index (χ0n) is 21.7. The van der Waals surface area contributed by atoms with Gasteiger partial charge in [0.2, 0.25) is 13.1 Å². The van der Waals surface area contributed by atoms with E-state index in [-0.39, 0.29) is 25.2 Å². The summed E-state index contributed by atoms with van der Waals surface area (Å²) >= 11 is 1.65. The summed E-state index contributed by atoms with van der Waals surface area (Å²) in [5.41, 5.74) is 4.19. The van der Waals surface area contributed by atoms with E-state index in [2.05, 4.69) is 27.8 Å². The summed E-state index contributed by atoms with van der Waals surface area (Å²) in [5.74, 6) is 1.92. The van der Waals surface area contributed by atoms with E-state index in [1.807, 2.05) is 47.4 Å². The minimum Gasteiger partial charge on any atom is -0.459 e. The van der Waals surface area contributed by atoms with Crippen LogP contribution in [0, 0.1) is 0 Å². The van der Waals surface area contributed by atoms with Gasteiger partial charge in [0.25, 0.3) is 5.91 Å². The number of allylic oxidation sites excluding steroid dienone is 1. The Morgan fingerprint density at radius 2 is 1.74 bits per heavy atom. The first-order valence-corrected chi connectivity index (χ1v) is 14.2. The van der Waals surface area contributed by atoms with Gasteiger partial charge in [0.05, 0.1) is 13.2 Å². The highest BCUT2D eigenvalue weighted by molar-refractivity contribution is 7.08. The third-order valence-corrected chi connectivity index (χ3v) is 8.09. The molecule has 4 heterocycles. The van der Waals surface area contributed by atoms with Crippen LogP contribution in [0.4, 0.5) is 0 Å². The van der Waals surface area contributed by atoms with Crippen LogP contribution in [0.15, 0.2) is 71.1 Å². The van der Waals surface area contributed by atoms with Gasteiger partial charge in [0.1, 0.15) is 0 Å². The smallest absolute Gasteiger partial charge is 0.288 e. The van der Waals surface area contributed by atoms with Crippen molar-refractivity contribution >= 4 is 17.2 Å². The summed E-state index contributed by atoms with van der Waals surface area (Å²) in [6.07, 6.45) is 2.08. The summed E-state index contributed by atoms with van der Waals surface area (Å²) in [4.78, 5) is 17.8. The quantitative estimate of drug-likeness (QED) is 0.451. The van der Waals surface area contributed by atoms with Crippen LogP contribution >= 0.6 is 11.3 Å². The molecule has 1 saturated heterocycles. The molecule has 0 unspecified atom stereocenters. The number of aliphatic hydroxyl groups excluding tert-OH is 1. The first kappa shape index (κ1) is 25.9. The molecule has 8 nitrogen and oxygen atoms in total. The SMILES string of the molecule is O=C(C1=C[C@H](c2ccsc2)C[C@H](OCc2ccc(CO)cc2)O1)N1CCN(Cc2ccc3c(c2)OCO3)CC1. The Kier molecular flexibility index (Phi) is 7.83. The zero-order chi connectivity index (χ0) is 26.6. The second-order valence-corrected chi connectivity index (χ2v) is 10.8. The molecular weight excluding hydrogens is 516 g/mol. The van der Waals surface area contributed by atoms with Crippen LogP contribution in [0.5, 0.6) is 11.5 Å². The number of ether oxygens (including phenoxy) is 4. The molecule has 0 aliphatic carbocycles. The molecule has 2 atom stereocenters. The Balaban J connectivity index is 1.07. The zero-order valence-corrected chi connectivity index (χ0v) is 22.5. The van der Waals surface area contributed by atoms with Gasteiger partial charge in [-0.3, -0.25) is 9.69 Å². The molecule has 0 saturated carbocycles. The fraction of sp³-hybridized carbons (Fsp3) is 0.367. The molecule has 3 aliphatic rings. The number of nitrogens with zero attached hydrogens (tertiary/aromatic N) is 2. The van der Waals surface area contributed by atoms with Gasteiger partial charge in [0, 0.05) is 45.1 Å². The summed E-state index contributed by atoms with van der Waals surface area (Å²) in [6.45, 7) is 4.29. The van der Waals surface area contributed by atoms with E-state index in [0.717, 1.165) is 42.3 Å². The average Bonchev–Trinajstić information content (AvgIpc) is 3.69. The molecule has 204 valence electrons. The molecule has 0 radical (unpaired) electrons. The lowest BCUT2D eigenvalue weighted by molar-refractivity contribution is -0.157. The second kappa shape index (κ2) is 11.8. The summed E-state index contributed by atoms with van der Waals surface area (Å²) < 4.78 is 23.2. The van der Waals surface area contributed by atoms with E-state index in [9.17, 15) is 9.90 Å². The molecule has 1 N–H and O–H groups in total. The average molecular weight is 549 g/mol. The minimum atomic E-state index is -0.524. The number of aliphatic hydroxyl groups is 1. The lowest BCUT2D eigenvalue weighted by Crippen LogP contribution is -2.49. The molecule has 2 aromatic carbocycles. The number of carbonyl (C=O) groups is 1. The highest BCUT2D eigenvalue weighted by Gasteiger charge is 2.32. The van der Waals surface area contributed by atoms with Crippen molar-refractivity contribution < 1.29 is 28.8 Å². The number of hydrogen-bond acceptors (Lipinski definition) is 8. The van der Waals surface area contributed by atoms with Crippen molar-refractivity contribution in [2.45, 2.75) is 38.4 Å². The Morgan fingerprint density at radius 1 is 0.974 bits per heavy atom. The molecule has 1 amide bonds. The van der Waals surface area contributed by atoms with E-state index in [4.69, 9.17) is 18.9 Å². The van der Waals surface area contributed by atoms with Crippen molar-refractivity contribution in [1.29, 1.82) is 0 Å². The summed E-state index contributed by atoms with van der Waals surface area (Å²) in [6, 6.07) is 15.8. The molecule has 39 heavy (non-hydrogen) atoms. The molecule has 0 bridgehead atoms. The van der Waals surface area contributed by atoms with Crippen LogP contribution in [0.2, 0.25) is 0 Å². The van der Waals surface area contributed by atoms with E-state index in [1.54, 1.807) is 11.3 Å². The van der Waals surface area contributed by atoms with Gasteiger partial charge in [-0.05, 0) is 57.3 Å². The fourth-order valence-corrected chi connectivity index (χ4v) is 5.85. The Hall–Kier alpha value is -3.37. The lowest BCUT2D eigenvalue weighted by atomic mass is 9.95. The van der Waals surface area contributed by atoms with Crippen LogP contribution in [-0.2, 0) is 34.0 Å². The van der Waals surface area contributed by atoms with Gasteiger partial charge in [-0.25, -0.2) is 0 Å². The number of carbonyl (C=O) groups excluding carboxylic acids is 1. The fourth-order valence-electron chi connectivity index (χ4n) is 5.12. The Morgan fingerprint density at radius 3 is 2.51 bits per heavy atom. The maximum Gasteiger partial charge on any atom is 0.288 e. The largest absolute Gasteiger partial charge is 0.459 e. The Labute approximate surface area is 232 Å². The number of hydrogen-bond donors (Lipinski definition) is 1. The van der Waals surface area contributed by atoms with Crippen molar-refractivity contribution in [3.8, 4) is 11.5 Å². The normalized spacial score (nSPS) is 20.9. The topological polar surface area (TPSA) is 80.7 Å². The maximum absolute atomic E-state index is 13.6. The van der Waals surface area contributed by atoms with Gasteiger partial charge in [0.15, 0.2) is 17.3 Å². The van der Waals surface area contributed by atoms with Crippen molar-refractivity contribution in [2.75, 3.05) is 33.0 Å². The van der Waals surface area contributed by atoms with Crippen LogP contribution in [0.1, 0.15) is 34.6 Å². The van der Waals surface area contributed by atoms with Gasteiger partial charge in [-0.2, -0.15) is 11.3 Å².